The molecular weight excluding hydrogens is 474 g/mol. The van der Waals surface area contributed by atoms with Gasteiger partial charge in [-0.1, -0.05) is 13.8 Å². The van der Waals surface area contributed by atoms with Crippen LogP contribution >= 0.6 is 24.0 Å². The molecule has 0 saturated heterocycles. The molecule has 2 N–H and O–H groups in total. The number of carbonyl (C=O) groups is 1. The second-order valence-electron chi connectivity index (χ2n) is 6.68. The van der Waals surface area contributed by atoms with Gasteiger partial charge in [-0.2, -0.15) is 5.10 Å². The first-order valence-corrected chi connectivity index (χ1v) is 8.79. The van der Waals surface area contributed by atoms with Gasteiger partial charge in [0.1, 0.15) is 5.82 Å². The molecular formula is C19H28FIN6O. The first-order valence-electron chi connectivity index (χ1n) is 8.79. The van der Waals surface area contributed by atoms with Crippen molar-refractivity contribution >= 4 is 41.5 Å². The molecule has 28 heavy (non-hydrogen) atoms. The maximum Gasteiger partial charge on any atom is 0.243 e. The van der Waals surface area contributed by atoms with E-state index in [-0.39, 0.29) is 42.2 Å². The largest absolute Gasteiger partial charge is 0.347 e. The minimum absolute atomic E-state index is 0. The van der Waals surface area contributed by atoms with Crippen LogP contribution in [0.2, 0.25) is 0 Å². The lowest BCUT2D eigenvalue weighted by Crippen LogP contribution is -2.42. The number of benzene rings is 1. The number of aromatic nitrogens is 2. The molecule has 0 aliphatic heterocycles. The molecule has 0 aliphatic rings. The van der Waals surface area contributed by atoms with E-state index in [1.807, 2.05) is 29.9 Å². The minimum Gasteiger partial charge on any atom is -0.347 e. The highest BCUT2D eigenvalue weighted by Crippen LogP contribution is 2.18. The lowest BCUT2D eigenvalue weighted by Gasteiger charge is -2.22. The fraction of sp³-hybridized carbons (Fsp3) is 0.421. The number of rotatable bonds is 6. The van der Waals surface area contributed by atoms with Gasteiger partial charge in [-0.25, -0.2) is 4.39 Å². The summed E-state index contributed by atoms with van der Waals surface area (Å²) in [4.78, 5) is 18.3. The zero-order valence-electron chi connectivity index (χ0n) is 16.9. The predicted molar refractivity (Wildman–Crippen MR) is 121 cm³/mol. The van der Waals surface area contributed by atoms with Crippen LogP contribution in [0.4, 0.5) is 10.1 Å². The summed E-state index contributed by atoms with van der Waals surface area (Å²) in [5, 5.41) is 10.3. The minimum atomic E-state index is -0.343. The number of halogens is 2. The Morgan fingerprint density at radius 1 is 1.32 bits per heavy atom. The summed E-state index contributed by atoms with van der Waals surface area (Å²) in [7, 11) is 5.48. The van der Waals surface area contributed by atoms with Crippen LogP contribution in [0.1, 0.15) is 31.0 Å². The Morgan fingerprint density at radius 3 is 2.54 bits per heavy atom. The van der Waals surface area contributed by atoms with E-state index in [0.717, 1.165) is 11.3 Å². The summed E-state index contributed by atoms with van der Waals surface area (Å²) in [6, 6.07) is 5.64. The van der Waals surface area contributed by atoms with Gasteiger partial charge in [-0.05, 0) is 30.2 Å². The van der Waals surface area contributed by atoms with Gasteiger partial charge in [0.15, 0.2) is 5.96 Å². The summed E-state index contributed by atoms with van der Waals surface area (Å²) in [5.41, 5.74) is 2.71. The molecule has 1 amide bonds. The lowest BCUT2D eigenvalue weighted by atomic mass is 10.1. The summed E-state index contributed by atoms with van der Waals surface area (Å²) < 4.78 is 14.7. The van der Waals surface area contributed by atoms with Crippen molar-refractivity contribution in [2.45, 2.75) is 26.3 Å². The van der Waals surface area contributed by atoms with Gasteiger partial charge in [0.05, 0.1) is 12.2 Å². The molecule has 2 rings (SSSR count). The van der Waals surface area contributed by atoms with Gasteiger partial charge in [-0.3, -0.25) is 14.5 Å². The fourth-order valence-electron chi connectivity index (χ4n) is 2.78. The van der Waals surface area contributed by atoms with Gasteiger partial charge in [-0.15, -0.1) is 24.0 Å². The molecule has 0 bridgehead atoms. The molecule has 154 valence electrons. The smallest absolute Gasteiger partial charge is 0.243 e. The van der Waals surface area contributed by atoms with E-state index in [0.29, 0.717) is 24.1 Å². The Hall–Kier alpha value is -2.17. The second-order valence-corrected chi connectivity index (χ2v) is 6.68. The molecule has 0 saturated carbocycles. The van der Waals surface area contributed by atoms with Gasteiger partial charge in [0.25, 0.3) is 0 Å². The SMILES string of the molecule is CN=C(NCC(=O)Nc1ccc(F)cc1)N(C)Cc1cn(C)nc1C(C)C.I. The fourth-order valence-corrected chi connectivity index (χ4v) is 2.78. The number of amides is 1. The highest BCUT2D eigenvalue weighted by Gasteiger charge is 2.15. The third-order valence-electron chi connectivity index (χ3n) is 4.00. The number of carbonyl (C=O) groups excluding carboxylic acids is 1. The molecule has 2 aromatic rings. The molecule has 0 aliphatic carbocycles. The zero-order valence-corrected chi connectivity index (χ0v) is 19.2. The van der Waals surface area contributed by atoms with E-state index in [9.17, 15) is 9.18 Å². The van der Waals surface area contributed by atoms with Gasteiger partial charge in [0, 0.05) is 45.1 Å². The number of nitrogens with zero attached hydrogens (tertiary/aromatic N) is 4. The Balaban J connectivity index is 0.00000392. The number of aliphatic imine (C=N–C) groups is 1. The molecule has 0 unspecified atom stereocenters. The molecule has 7 nitrogen and oxygen atoms in total. The van der Waals surface area contributed by atoms with Crippen molar-refractivity contribution < 1.29 is 9.18 Å². The van der Waals surface area contributed by atoms with Crippen LogP contribution in [0.25, 0.3) is 0 Å². The van der Waals surface area contributed by atoms with Gasteiger partial charge in [0.2, 0.25) is 5.91 Å². The molecule has 0 radical (unpaired) electrons. The quantitative estimate of drug-likeness (QED) is 0.362. The third kappa shape index (κ3) is 6.77. The van der Waals surface area contributed by atoms with Crippen molar-refractivity contribution in [1.82, 2.24) is 20.0 Å². The summed E-state index contributed by atoms with van der Waals surface area (Å²) in [5.74, 6) is 0.346. The molecule has 0 fully saturated rings. The number of aryl methyl sites for hydroxylation is 1. The van der Waals surface area contributed by atoms with Crippen LogP contribution in [-0.2, 0) is 18.4 Å². The van der Waals surface area contributed by atoms with Crippen molar-refractivity contribution in [1.29, 1.82) is 0 Å². The molecule has 9 heteroatoms. The van der Waals surface area contributed by atoms with E-state index in [1.165, 1.54) is 24.3 Å². The van der Waals surface area contributed by atoms with E-state index in [1.54, 1.807) is 7.05 Å². The average molecular weight is 502 g/mol. The van der Waals surface area contributed by atoms with Crippen LogP contribution in [-0.4, -0.2) is 47.2 Å². The van der Waals surface area contributed by atoms with E-state index < -0.39 is 0 Å². The van der Waals surface area contributed by atoms with Crippen molar-refractivity contribution in [3.8, 4) is 0 Å². The number of guanidine groups is 1. The molecule has 1 aromatic carbocycles. The van der Waals surface area contributed by atoms with E-state index in [4.69, 9.17) is 0 Å². The van der Waals surface area contributed by atoms with Crippen LogP contribution in [0.3, 0.4) is 0 Å². The molecule has 1 aromatic heterocycles. The Morgan fingerprint density at radius 2 is 1.96 bits per heavy atom. The van der Waals surface area contributed by atoms with Crippen molar-refractivity contribution in [2.24, 2.45) is 12.0 Å². The lowest BCUT2D eigenvalue weighted by molar-refractivity contribution is -0.115. The molecule has 1 heterocycles. The first kappa shape index (κ1) is 23.9. The Bertz CT molecular complexity index is 803. The Labute approximate surface area is 182 Å². The predicted octanol–water partition coefficient (Wildman–Crippen LogP) is 2.95. The maximum absolute atomic E-state index is 12.9. The third-order valence-corrected chi connectivity index (χ3v) is 4.00. The van der Waals surface area contributed by atoms with Gasteiger partial charge < -0.3 is 15.5 Å². The molecule has 0 atom stereocenters. The molecule has 0 spiro atoms. The van der Waals surface area contributed by atoms with Crippen LogP contribution in [0.15, 0.2) is 35.5 Å². The topological polar surface area (TPSA) is 74.6 Å². The highest BCUT2D eigenvalue weighted by molar-refractivity contribution is 14.0. The zero-order chi connectivity index (χ0) is 20.0. The summed E-state index contributed by atoms with van der Waals surface area (Å²) in [6.07, 6.45) is 2.00. The number of anilines is 1. The highest BCUT2D eigenvalue weighted by atomic mass is 127. The van der Waals surface area contributed by atoms with Crippen LogP contribution < -0.4 is 10.6 Å². The summed E-state index contributed by atoms with van der Waals surface area (Å²) >= 11 is 0. The van der Waals surface area contributed by atoms with Crippen LogP contribution in [0, 0.1) is 5.82 Å². The van der Waals surface area contributed by atoms with E-state index in [2.05, 4.69) is 34.6 Å². The normalized spacial score (nSPS) is 11.2. The average Bonchev–Trinajstić information content (AvgIpc) is 2.98. The number of hydrogen-bond acceptors (Lipinski definition) is 3. The monoisotopic (exact) mass is 502 g/mol. The maximum atomic E-state index is 12.9. The number of nitrogens with one attached hydrogen (secondary N) is 2. The van der Waals surface area contributed by atoms with Crippen molar-refractivity contribution in [3.63, 3.8) is 0 Å². The van der Waals surface area contributed by atoms with Crippen molar-refractivity contribution in [2.75, 3.05) is 26.0 Å². The first-order chi connectivity index (χ1) is 12.8. The standard InChI is InChI=1S/C19H27FN6O.HI/c1-13(2)18-14(12-26(5)24-18)11-25(4)19(21-3)22-10-17(27)23-16-8-6-15(20)7-9-16;/h6-9,12-13H,10-11H2,1-5H3,(H,21,22)(H,23,27);1H. The van der Waals surface area contributed by atoms with Gasteiger partial charge >= 0.3 is 0 Å². The van der Waals surface area contributed by atoms with Crippen LogP contribution in [0.5, 0.6) is 0 Å². The summed E-state index contributed by atoms with van der Waals surface area (Å²) in [6.45, 7) is 4.90. The van der Waals surface area contributed by atoms with Crippen molar-refractivity contribution in [3.05, 3.63) is 47.5 Å². The van der Waals surface area contributed by atoms with E-state index >= 15 is 0 Å². The second kappa shape index (κ2) is 11.0. The number of hydrogen-bond donors (Lipinski definition) is 2. The Kier molecular flexibility index (Phi) is 9.36.